The fraction of sp³-hybridized carbons (Fsp3) is 0.515. The lowest BCUT2D eigenvalue weighted by atomic mass is 9.88. The van der Waals surface area contributed by atoms with Crippen molar-refractivity contribution in [2.75, 3.05) is 19.6 Å². The number of benzene rings is 2. The Morgan fingerprint density at radius 1 is 1.07 bits per heavy atom. The van der Waals surface area contributed by atoms with Gasteiger partial charge in [0.1, 0.15) is 11.4 Å². The molecule has 1 aromatic heterocycles. The number of amides is 1. The lowest BCUT2D eigenvalue weighted by molar-refractivity contribution is -0.274. The van der Waals surface area contributed by atoms with Crippen LogP contribution in [-0.2, 0) is 4.74 Å². The molecule has 232 valence electrons. The number of rotatable bonds is 11. The van der Waals surface area contributed by atoms with Gasteiger partial charge in [-0.15, -0.1) is 13.2 Å². The summed E-state index contributed by atoms with van der Waals surface area (Å²) < 4.78 is 51.1. The van der Waals surface area contributed by atoms with Crippen molar-refractivity contribution in [3.63, 3.8) is 0 Å². The zero-order valence-corrected chi connectivity index (χ0v) is 25.1. The van der Waals surface area contributed by atoms with Crippen LogP contribution in [0.1, 0.15) is 94.4 Å². The summed E-state index contributed by atoms with van der Waals surface area (Å²) in [4.78, 5) is 11.9. The topological polar surface area (TPSA) is 88.3 Å². The molecular weight excluding hydrogens is 557 g/mol. The van der Waals surface area contributed by atoms with Crippen LogP contribution in [0.5, 0.6) is 5.75 Å². The Morgan fingerprint density at radius 2 is 1.84 bits per heavy atom. The van der Waals surface area contributed by atoms with Crippen LogP contribution in [0.3, 0.4) is 0 Å². The molecule has 1 aliphatic carbocycles. The first kappa shape index (κ1) is 32.2. The summed E-state index contributed by atoms with van der Waals surface area (Å²) in [5, 5.41) is 16.7. The molecule has 0 saturated heterocycles. The number of hydrogen-bond donors (Lipinski definition) is 2. The van der Waals surface area contributed by atoms with E-state index in [0.29, 0.717) is 49.6 Å². The minimum atomic E-state index is -4.79. The minimum Gasteiger partial charge on any atom is -0.444 e. The van der Waals surface area contributed by atoms with Crippen LogP contribution in [0, 0.1) is 11.3 Å². The van der Waals surface area contributed by atoms with Gasteiger partial charge in [0, 0.05) is 35.6 Å². The largest absolute Gasteiger partial charge is 0.573 e. The van der Waals surface area contributed by atoms with Crippen molar-refractivity contribution in [3.8, 4) is 11.8 Å². The van der Waals surface area contributed by atoms with E-state index in [4.69, 9.17) is 4.74 Å². The molecule has 1 unspecified atom stereocenters. The van der Waals surface area contributed by atoms with E-state index in [1.54, 1.807) is 6.07 Å². The van der Waals surface area contributed by atoms with Crippen LogP contribution in [0.25, 0.3) is 10.9 Å². The third-order valence-corrected chi connectivity index (χ3v) is 7.64. The van der Waals surface area contributed by atoms with Crippen molar-refractivity contribution in [2.45, 2.75) is 89.6 Å². The maximum absolute atomic E-state index is 13.1. The van der Waals surface area contributed by atoms with Crippen molar-refractivity contribution in [3.05, 3.63) is 65.4 Å². The first-order chi connectivity index (χ1) is 20.4. The summed E-state index contributed by atoms with van der Waals surface area (Å²) in [5.74, 6) is -0.504. The van der Waals surface area contributed by atoms with Gasteiger partial charge >= 0.3 is 12.5 Å². The Morgan fingerprint density at radius 3 is 2.53 bits per heavy atom. The first-order valence-electron chi connectivity index (χ1n) is 15.0. The zero-order chi connectivity index (χ0) is 31.0. The second-order valence-electron chi connectivity index (χ2n) is 12.1. The second-order valence-corrected chi connectivity index (χ2v) is 12.1. The third kappa shape index (κ3) is 9.39. The number of alkyl halides is 3. The van der Waals surface area contributed by atoms with Gasteiger partial charge in [-0.05, 0) is 101 Å². The third-order valence-electron chi connectivity index (χ3n) is 7.64. The SMILES string of the molecule is CC(C)(C)OC(=O)NCCCNCCC(c1cccc(OC(F)(F)F)c1)c1cn(C2CCCCC2)c2ccc(C#N)cc12. The quantitative estimate of drug-likeness (QED) is 0.219. The van der Waals surface area contributed by atoms with Gasteiger partial charge in [0.2, 0.25) is 0 Å². The number of nitriles is 1. The maximum atomic E-state index is 13.1. The molecule has 43 heavy (non-hydrogen) atoms. The van der Waals surface area contributed by atoms with Crippen molar-refractivity contribution in [1.29, 1.82) is 5.26 Å². The van der Waals surface area contributed by atoms with Crippen LogP contribution < -0.4 is 15.4 Å². The molecule has 0 aliphatic heterocycles. The van der Waals surface area contributed by atoms with Gasteiger partial charge in [0.05, 0.1) is 11.6 Å². The van der Waals surface area contributed by atoms with E-state index in [1.165, 1.54) is 18.6 Å². The molecule has 1 saturated carbocycles. The number of fused-ring (bicyclic) bond motifs is 1. The van der Waals surface area contributed by atoms with Gasteiger partial charge in [-0.25, -0.2) is 4.79 Å². The molecule has 1 heterocycles. The molecule has 0 bridgehead atoms. The fourth-order valence-corrected chi connectivity index (χ4v) is 5.81. The molecule has 1 aliphatic rings. The van der Waals surface area contributed by atoms with Crippen LogP contribution in [-0.4, -0.2) is 42.3 Å². The van der Waals surface area contributed by atoms with Gasteiger partial charge in [0.15, 0.2) is 0 Å². The number of nitrogens with one attached hydrogen (secondary N) is 2. The summed E-state index contributed by atoms with van der Waals surface area (Å²) in [6, 6.07) is 14.5. The number of aromatic nitrogens is 1. The highest BCUT2D eigenvalue weighted by atomic mass is 19.4. The Balaban J connectivity index is 1.57. The minimum absolute atomic E-state index is 0.245. The highest BCUT2D eigenvalue weighted by Crippen LogP contribution is 2.40. The number of carbonyl (C=O) groups is 1. The number of alkyl carbamates (subject to hydrolysis) is 1. The summed E-state index contributed by atoms with van der Waals surface area (Å²) in [5.41, 5.74) is 2.71. The summed E-state index contributed by atoms with van der Waals surface area (Å²) >= 11 is 0. The van der Waals surface area contributed by atoms with Crippen LogP contribution in [0.4, 0.5) is 18.0 Å². The lowest BCUT2D eigenvalue weighted by Gasteiger charge is -2.24. The molecule has 1 amide bonds. The molecule has 3 aromatic rings. The van der Waals surface area contributed by atoms with Crippen molar-refractivity contribution in [2.24, 2.45) is 0 Å². The van der Waals surface area contributed by atoms with E-state index >= 15 is 0 Å². The van der Waals surface area contributed by atoms with Gasteiger partial charge in [-0.1, -0.05) is 31.4 Å². The number of ether oxygens (including phenoxy) is 2. The first-order valence-corrected chi connectivity index (χ1v) is 15.0. The van der Waals surface area contributed by atoms with Gasteiger partial charge in [0.25, 0.3) is 0 Å². The predicted octanol–water partition coefficient (Wildman–Crippen LogP) is 7.94. The summed E-state index contributed by atoms with van der Waals surface area (Å²) in [6.45, 7) is 7.11. The molecule has 0 radical (unpaired) electrons. The number of halogens is 3. The molecule has 4 rings (SSSR count). The van der Waals surface area contributed by atoms with E-state index < -0.39 is 18.1 Å². The Labute approximate surface area is 251 Å². The average molecular weight is 599 g/mol. The van der Waals surface area contributed by atoms with E-state index in [2.05, 4.69) is 32.2 Å². The molecule has 1 atom stereocenters. The van der Waals surface area contributed by atoms with Gasteiger partial charge in [-0.2, -0.15) is 5.26 Å². The lowest BCUT2D eigenvalue weighted by Crippen LogP contribution is -2.34. The predicted molar refractivity (Wildman–Crippen MR) is 160 cm³/mol. The van der Waals surface area contributed by atoms with Crippen molar-refractivity contribution in [1.82, 2.24) is 15.2 Å². The van der Waals surface area contributed by atoms with Gasteiger partial charge < -0.3 is 24.7 Å². The molecule has 2 aromatic carbocycles. The summed E-state index contributed by atoms with van der Waals surface area (Å²) in [7, 11) is 0. The molecule has 10 heteroatoms. The van der Waals surface area contributed by atoms with Crippen LogP contribution >= 0.6 is 0 Å². The zero-order valence-electron chi connectivity index (χ0n) is 25.1. The Kier molecular flexibility index (Phi) is 10.6. The van der Waals surface area contributed by atoms with E-state index in [9.17, 15) is 23.2 Å². The van der Waals surface area contributed by atoms with Gasteiger partial charge in [-0.3, -0.25) is 0 Å². The standard InChI is InChI=1S/C33H41F3N4O3/c1-32(2,3)43-31(41)39-17-8-16-38-18-15-27(24-9-7-12-26(20-24)42-33(34,35)36)29-22-40(25-10-5-4-6-11-25)30-14-13-23(21-37)19-28(29)30/h7,9,12-14,19-20,22,25,27,38H,4-6,8,10-11,15-18H2,1-3H3,(H,39,41). The smallest absolute Gasteiger partial charge is 0.444 e. The second kappa shape index (κ2) is 14.2. The monoisotopic (exact) mass is 598 g/mol. The van der Waals surface area contributed by atoms with E-state index in [0.717, 1.165) is 42.1 Å². The maximum Gasteiger partial charge on any atom is 0.573 e. The Hall–Kier alpha value is -3.71. The molecule has 7 nitrogen and oxygen atoms in total. The number of nitrogens with zero attached hydrogens (tertiary/aromatic N) is 2. The fourth-order valence-electron chi connectivity index (χ4n) is 5.81. The summed E-state index contributed by atoms with van der Waals surface area (Å²) in [6.07, 6.45) is 3.86. The molecule has 2 N–H and O–H groups in total. The highest BCUT2D eigenvalue weighted by molar-refractivity contribution is 5.86. The number of carbonyl (C=O) groups excluding carboxylic acids is 1. The van der Waals surface area contributed by atoms with E-state index in [1.807, 2.05) is 45.0 Å². The highest BCUT2D eigenvalue weighted by Gasteiger charge is 2.32. The van der Waals surface area contributed by atoms with E-state index in [-0.39, 0.29) is 11.7 Å². The molecule has 0 spiro atoms. The normalized spacial score (nSPS) is 15.2. The molecular formula is C33H41F3N4O3. The van der Waals surface area contributed by atoms with Crippen molar-refractivity contribution < 1.29 is 27.4 Å². The van der Waals surface area contributed by atoms with Crippen molar-refractivity contribution >= 4 is 17.0 Å². The average Bonchev–Trinajstić information content (AvgIpc) is 3.31. The van der Waals surface area contributed by atoms with Crippen LogP contribution in [0.15, 0.2) is 48.7 Å². The number of hydrogen-bond acceptors (Lipinski definition) is 5. The Bertz CT molecular complexity index is 1420. The molecule has 1 fully saturated rings. The van der Waals surface area contributed by atoms with Crippen LogP contribution in [0.2, 0.25) is 0 Å².